The maximum absolute atomic E-state index is 13.5. The fraction of sp³-hybridized carbons (Fsp3) is 0.0909. The van der Waals surface area contributed by atoms with E-state index in [1.54, 1.807) is 18.3 Å². The van der Waals surface area contributed by atoms with Gasteiger partial charge in [-0.3, -0.25) is 0 Å². The Morgan fingerprint density at radius 3 is 2.77 bits per heavy atom. The van der Waals surface area contributed by atoms with E-state index < -0.39 is 0 Å². The minimum atomic E-state index is -0.337. The Morgan fingerprint density at radius 2 is 1.97 bits per heavy atom. The zero-order chi connectivity index (χ0) is 21.4. The summed E-state index contributed by atoms with van der Waals surface area (Å²) in [4.78, 5) is 22.4. The molecule has 5 rings (SSSR count). The molecule has 154 valence electrons. The summed E-state index contributed by atoms with van der Waals surface area (Å²) in [6.45, 7) is 1.97. The molecule has 0 unspecified atom stereocenters. The minimum Gasteiger partial charge on any atom is -0.441 e. The molecular weight excluding hydrogens is 417 g/mol. The average Bonchev–Trinajstić information content (AvgIpc) is 3.30. The van der Waals surface area contributed by atoms with Crippen molar-refractivity contribution >= 4 is 17.4 Å². The molecule has 7 nitrogen and oxygen atoms in total. The molecule has 0 saturated heterocycles. The van der Waals surface area contributed by atoms with E-state index in [1.807, 2.05) is 37.3 Å². The van der Waals surface area contributed by atoms with Crippen LogP contribution < -0.4 is 5.69 Å². The SMILES string of the molecule is Cc1oc(-c2ccccc2)nc1Cn1nc2c(Sc3cccc(F)c3)nccn2c1=O. The van der Waals surface area contributed by atoms with E-state index in [0.717, 1.165) is 5.56 Å². The Balaban J connectivity index is 1.50. The van der Waals surface area contributed by atoms with Crippen LogP contribution >= 0.6 is 11.8 Å². The van der Waals surface area contributed by atoms with Gasteiger partial charge in [-0.05, 0) is 37.3 Å². The smallest absolute Gasteiger partial charge is 0.350 e. The van der Waals surface area contributed by atoms with Gasteiger partial charge in [0.05, 0.1) is 6.54 Å². The molecular formula is C22H16FN5O2S. The van der Waals surface area contributed by atoms with Crippen molar-refractivity contribution < 1.29 is 8.81 Å². The number of oxazole rings is 1. The molecule has 0 aliphatic carbocycles. The summed E-state index contributed by atoms with van der Waals surface area (Å²) in [6, 6.07) is 15.7. The van der Waals surface area contributed by atoms with Crippen LogP contribution in [0.2, 0.25) is 0 Å². The molecule has 0 spiro atoms. The highest BCUT2D eigenvalue weighted by Crippen LogP contribution is 2.28. The zero-order valence-corrected chi connectivity index (χ0v) is 17.2. The van der Waals surface area contributed by atoms with Gasteiger partial charge in [-0.2, -0.15) is 0 Å². The maximum atomic E-state index is 13.5. The number of halogens is 1. The summed E-state index contributed by atoms with van der Waals surface area (Å²) in [5.41, 5.74) is 1.56. The van der Waals surface area contributed by atoms with Crippen LogP contribution in [0.1, 0.15) is 11.5 Å². The van der Waals surface area contributed by atoms with Crippen molar-refractivity contribution in [1.82, 2.24) is 24.1 Å². The number of rotatable bonds is 5. The predicted octanol–water partition coefficient (Wildman–Crippen LogP) is 4.19. The summed E-state index contributed by atoms with van der Waals surface area (Å²) < 4.78 is 22.1. The lowest BCUT2D eigenvalue weighted by Crippen LogP contribution is -2.22. The van der Waals surface area contributed by atoms with Gasteiger partial charge in [0.2, 0.25) is 5.89 Å². The van der Waals surface area contributed by atoms with E-state index in [1.165, 1.54) is 39.2 Å². The van der Waals surface area contributed by atoms with Crippen LogP contribution in [-0.4, -0.2) is 24.1 Å². The van der Waals surface area contributed by atoms with Gasteiger partial charge >= 0.3 is 5.69 Å². The first-order valence-corrected chi connectivity index (χ1v) is 10.3. The molecule has 5 aromatic rings. The molecule has 0 fully saturated rings. The van der Waals surface area contributed by atoms with Crippen molar-refractivity contribution in [1.29, 1.82) is 0 Å². The second kappa shape index (κ2) is 7.84. The molecule has 0 N–H and O–H groups in total. The van der Waals surface area contributed by atoms with Crippen LogP contribution in [0.5, 0.6) is 0 Å². The zero-order valence-electron chi connectivity index (χ0n) is 16.4. The summed E-state index contributed by atoms with van der Waals surface area (Å²) >= 11 is 1.24. The molecule has 0 aliphatic heterocycles. The van der Waals surface area contributed by atoms with E-state index in [4.69, 9.17) is 4.42 Å². The molecule has 3 heterocycles. The second-order valence-electron chi connectivity index (χ2n) is 6.81. The van der Waals surface area contributed by atoms with Crippen LogP contribution in [0, 0.1) is 12.7 Å². The number of hydrogen-bond donors (Lipinski definition) is 0. The highest BCUT2D eigenvalue weighted by molar-refractivity contribution is 7.99. The lowest BCUT2D eigenvalue weighted by Gasteiger charge is -2.01. The molecule has 0 amide bonds. The van der Waals surface area contributed by atoms with Gasteiger partial charge in [0, 0.05) is 22.9 Å². The van der Waals surface area contributed by atoms with Gasteiger partial charge in [0.25, 0.3) is 0 Å². The van der Waals surface area contributed by atoms with Crippen molar-refractivity contribution in [3.63, 3.8) is 0 Å². The van der Waals surface area contributed by atoms with Gasteiger partial charge in [-0.15, -0.1) is 5.10 Å². The molecule has 0 atom stereocenters. The minimum absolute atomic E-state index is 0.159. The Bertz CT molecular complexity index is 1440. The molecule has 0 radical (unpaired) electrons. The summed E-state index contributed by atoms with van der Waals surface area (Å²) in [7, 11) is 0. The van der Waals surface area contributed by atoms with E-state index in [9.17, 15) is 9.18 Å². The number of nitrogens with zero attached hydrogens (tertiary/aromatic N) is 5. The number of aryl methyl sites for hydroxylation is 1. The third kappa shape index (κ3) is 3.75. The van der Waals surface area contributed by atoms with E-state index in [0.29, 0.717) is 32.9 Å². The highest BCUT2D eigenvalue weighted by atomic mass is 32.2. The number of fused-ring (bicyclic) bond motifs is 1. The van der Waals surface area contributed by atoms with Crippen LogP contribution in [0.25, 0.3) is 17.1 Å². The van der Waals surface area contributed by atoms with Crippen molar-refractivity contribution in [2.24, 2.45) is 0 Å². The van der Waals surface area contributed by atoms with Crippen molar-refractivity contribution in [3.05, 3.63) is 94.7 Å². The lowest BCUT2D eigenvalue weighted by atomic mass is 10.2. The predicted molar refractivity (Wildman–Crippen MR) is 114 cm³/mol. The molecule has 2 aromatic carbocycles. The quantitative estimate of drug-likeness (QED) is 0.414. The fourth-order valence-corrected chi connectivity index (χ4v) is 4.05. The Morgan fingerprint density at radius 1 is 1.13 bits per heavy atom. The normalized spacial score (nSPS) is 11.3. The number of benzene rings is 2. The van der Waals surface area contributed by atoms with E-state index in [2.05, 4.69) is 15.1 Å². The Kier molecular flexibility index (Phi) is 4.87. The molecule has 0 saturated carbocycles. The fourth-order valence-electron chi connectivity index (χ4n) is 3.16. The van der Waals surface area contributed by atoms with Crippen molar-refractivity contribution in [3.8, 4) is 11.5 Å². The van der Waals surface area contributed by atoms with Crippen LogP contribution in [0.3, 0.4) is 0 Å². The highest BCUT2D eigenvalue weighted by Gasteiger charge is 2.17. The largest absolute Gasteiger partial charge is 0.441 e. The summed E-state index contributed by atoms with van der Waals surface area (Å²) in [5, 5.41) is 4.96. The average molecular weight is 433 g/mol. The first-order chi connectivity index (χ1) is 15.1. The standard InChI is InChI=1S/C22H16FN5O2S/c1-14-18(25-20(30-14)15-6-3-2-4-7-15)13-28-22(29)27-11-10-24-21(19(27)26-28)31-17-9-5-8-16(23)12-17/h2-12H,13H2,1H3. The Hall–Kier alpha value is -3.72. The van der Waals surface area contributed by atoms with Crippen LogP contribution in [-0.2, 0) is 6.54 Å². The van der Waals surface area contributed by atoms with Gasteiger partial charge < -0.3 is 4.42 Å². The third-order valence-electron chi connectivity index (χ3n) is 4.69. The monoisotopic (exact) mass is 433 g/mol. The molecule has 31 heavy (non-hydrogen) atoms. The first kappa shape index (κ1) is 19.3. The third-order valence-corrected chi connectivity index (χ3v) is 5.66. The number of hydrogen-bond acceptors (Lipinski definition) is 6. The van der Waals surface area contributed by atoms with Gasteiger partial charge in [0.15, 0.2) is 5.65 Å². The molecule has 0 aliphatic rings. The second-order valence-corrected chi connectivity index (χ2v) is 7.88. The maximum Gasteiger partial charge on any atom is 0.350 e. The van der Waals surface area contributed by atoms with Crippen LogP contribution in [0.4, 0.5) is 4.39 Å². The van der Waals surface area contributed by atoms with Crippen molar-refractivity contribution in [2.75, 3.05) is 0 Å². The van der Waals surface area contributed by atoms with Gasteiger partial charge in [-0.1, -0.05) is 36.0 Å². The van der Waals surface area contributed by atoms with E-state index >= 15 is 0 Å². The van der Waals surface area contributed by atoms with Gasteiger partial charge in [0.1, 0.15) is 22.3 Å². The number of aromatic nitrogens is 5. The molecule has 3 aromatic heterocycles. The van der Waals surface area contributed by atoms with Gasteiger partial charge in [-0.25, -0.2) is 28.2 Å². The Labute approximate surface area is 180 Å². The summed E-state index contributed by atoms with van der Waals surface area (Å²) in [6.07, 6.45) is 3.08. The lowest BCUT2D eigenvalue weighted by molar-refractivity contribution is 0.535. The summed E-state index contributed by atoms with van der Waals surface area (Å²) in [5.74, 6) is 0.778. The van der Waals surface area contributed by atoms with Crippen LogP contribution in [0.15, 0.2) is 86.1 Å². The topological polar surface area (TPSA) is 78.2 Å². The van der Waals surface area contributed by atoms with E-state index in [-0.39, 0.29) is 18.1 Å². The first-order valence-electron chi connectivity index (χ1n) is 9.48. The molecule has 9 heteroatoms. The molecule has 0 bridgehead atoms. The van der Waals surface area contributed by atoms with Crippen molar-refractivity contribution in [2.45, 2.75) is 23.4 Å².